The van der Waals surface area contributed by atoms with Crippen molar-refractivity contribution in [2.45, 2.75) is 163 Å². The van der Waals surface area contributed by atoms with Crippen LogP contribution in [0.15, 0.2) is 60.7 Å². The summed E-state index contributed by atoms with van der Waals surface area (Å²) in [6.07, 6.45) is 2.84. The van der Waals surface area contributed by atoms with Crippen molar-refractivity contribution in [2.24, 2.45) is 35.5 Å². The summed E-state index contributed by atoms with van der Waals surface area (Å²) in [7, 11) is 4.99. The summed E-state index contributed by atoms with van der Waals surface area (Å²) in [5.41, 5.74) is 1.71. The third kappa shape index (κ3) is 16.8. The van der Waals surface area contributed by atoms with Gasteiger partial charge < -0.3 is 34.9 Å². The minimum atomic E-state index is -0.977. The normalized spacial score (nSPS) is 18.5. The monoisotopic (exact) mass is 949 g/mol. The highest BCUT2D eigenvalue weighted by molar-refractivity contribution is 5.92. The number of nitrogens with zero attached hydrogens (tertiary/aromatic N) is 2. The van der Waals surface area contributed by atoms with Gasteiger partial charge in [0.25, 0.3) is 0 Å². The number of Topliss-reactive ketones (excluding diaryl/α,β-unsaturated/α-hetero) is 1. The van der Waals surface area contributed by atoms with Crippen LogP contribution in [0.3, 0.4) is 0 Å². The maximum absolute atomic E-state index is 14.4. The number of aliphatic carboxylic acids is 1. The molecule has 0 saturated carbocycles. The van der Waals surface area contributed by atoms with Crippen LogP contribution >= 0.6 is 0 Å². The highest BCUT2D eigenvalue weighted by Gasteiger charge is 2.43. The molecule has 14 nitrogen and oxygen atoms in total. The van der Waals surface area contributed by atoms with E-state index in [9.17, 15) is 28.8 Å². The van der Waals surface area contributed by atoms with Gasteiger partial charge in [0, 0.05) is 39.0 Å². The number of ether oxygens (including phenoxy) is 3. The number of likely N-dealkylation sites (N-methyl/N-ethyl adjacent to an activating group) is 1. The highest BCUT2D eigenvalue weighted by Crippen LogP contribution is 2.33. The van der Waals surface area contributed by atoms with Crippen molar-refractivity contribution in [1.29, 1.82) is 0 Å². The summed E-state index contributed by atoms with van der Waals surface area (Å²) in [5, 5.41) is 15.2. The van der Waals surface area contributed by atoms with Crippen LogP contribution in [0.5, 0.6) is 0 Å². The number of carbonyl (C=O) groups is 6. The molecule has 11 atom stereocenters. The van der Waals surface area contributed by atoms with E-state index in [0.29, 0.717) is 38.8 Å². The molecule has 0 aromatic heterocycles. The first-order valence-electron chi connectivity index (χ1n) is 24.9. The van der Waals surface area contributed by atoms with Gasteiger partial charge >= 0.3 is 11.9 Å². The molecule has 1 saturated heterocycles. The predicted molar refractivity (Wildman–Crippen MR) is 264 cm³/mol. The first-order valence-corrected chi connectivity index (χ1v) is 24.9. The van der Waals surface area contributed by atoms with Gasteiger partial charge in [0.2, 0.25) is 17.7 Å². The predicted octanol–water partition coefficient (Wildman–Crippen LogP) is 7.68. The number of carboxylic acid groups (broad SMARTS) is 1. The van der Waals surface area contributed by atoms with Gasteiger partial charge in [-0.1, -0.05) is 129 Å². The van der Waals surface area contributed by atoms with Gasteiger partial charge in [-0.05, 0) is 80.5 Å². The number of ketones is 1. The molecule has 0 radical (unpaired) electrons. The average Bonchev–Trinajstić information content (AvgIpc) is 3.80. The van der Waals surface area contributed by atoms with Gasteiger partial charge in [-0.15, -0.1) is 0 Å². The molecular formula is C54H84N4O10. The highest BCUT2D eigenvalue weighted by atomic mass is 16.5. The second kappa shape index (κ2) is 28.7. The van der Waals surface area contributed by atoms with Crippen molar-refractivity contribution < 1.29 is 48.1 Å². The fourth-order valence-electron chi connectivity index (χ4n) is 9.89. The Labute approximate surface area is 407 Å². The summed E-state index contributed by atoms with van der Waals surface area (Å²) in [5.74, 6) is -3.81. The van der Waals surface area contributed by atoms with E-state index in [1.165, 1.54) is 0 Å². The lowest BCUT2D eigenvalue weighted by Gasteiger charge is -2.36. The van der Waals surface area contributed by atoms with Crippen LogP contribution in [0.1, 0.15) is 131 Å². The molecular weight excluding hydrogens is 865 g/mol. The quantitative estimate of drug-likeness (QED) is 0.0654. The van der Waals surface area contributed by atoms with Gasteiger partial charge in [-0.25, -0.2) is 4.79 Å². The Hall–Kier alpha value is -4.66. The van der Waals surface area contributed by atoms with Crippen LogP contribution in [0, 0.1) is 35.5 Å². The van der Waals surface area contributed by atoms with E-state index < -0.39 is 54.1 Å². The number of benzene rings is 2. The number of likely N-dealkylation sites (tertiary alicyclic amines) is 1. The number of hydrogen-bond acceptors (Lipinski definition) is 10. The number of rotatable bonds is 30. The van der Waals surface area contributed by atoms with E-state index in [1.807, 2.05) is 119 Å². The van der Waals surface area contributed by atoms with Crippen molar-refractivity contribution >= 4 is 35.4 Å². The van der Waals surface area contributed by atoms with Crippen LogP contribution in [-0.2, 0) is 49.6 Å². The van der Waals surface area contributed by atoms with Crippen molar-refractivity contribution in [1.82, 2.24) is 20.4 Å². The van der Waals surface area contributed by atoms with Gasteiger partial charge in [0.05, 0.1) is 42.7 Å². The maximum Gasteiger partial charge on any atom is 0.329 e. The Morgan fingerprint density at radius 2 is 1.43 bits per heavy atom. The molecule has 3 amide bonds. The van der Waals surface area contributed by atoms with Gasteiger partial charge in [0.1, 0.15) is 12.6 Å². The second-order valence-corrected chi connectivity index (χ2v) is 19.9. The first kappa shape index (κ1) is 57.7. The van der Waals surface area contributed by atoms with Crippen LogP contribution in [0.2, 0.25) is 0 Å². The fraction of sp³-hybridized carbons (Fsp3) is 0.667. The number of esters is 1. The lowest BCUT2D eigenvalue weighted by Crippen LogP contribution is -2.55. The van der Waals surface area contributed by atoms with E-state index >= 15 is 0 Å². The van der Waals surface area contributed by atoms with Crippen molar-refractivity contribution in [3.8, 4) is 0 Å². The molecule has 0 spiro atoms. The molecule has 1 aliphatic heterocycles. The average molecular weight is 949 g/mol. The standard InChI is InChI=1S/C54H84N4O10/c1-13-36(6)42(29-28-37(7)50(62)47(34(2)3)55-53(64)49(35(4)5)57(10)30-21-27-46(60)61)44(66-11)32-45(59)58-31-20-26-43(58)51(67-12)39(9)52(63)56-48(38(8)41-24-18-15-19-25-41)54(65)68-33-40-22-16-14-17-23-40/h14-19,22-25,34-39,42-44,47-49,51H,13,20-21,26-33H2,1-12H3,(H,55,64)(H,56,63)(H,60,61). The summed E-state index contributed by atoms with van der Waals surface area (Å²) in [6.45, 7) is 18.5. The Balaban J connectivity index is 1.73. The molecule has 3 N–H and O–H groups in total. The van der Waals surface area contributed by atoms with Gasteiger partial charge in [-0.3, -0.25) is 28.9 Å². The number of hydrogen-bond donors (Lipinski definition) is 3. The number of methoxy groups -OCH3 is 2. The zero-order valence-electron chi connectivity index (χ0n) is 43.1. The van der Waals surface area contributed by atoms with Crippen LogP contribution < -0.4 is 10.6 Å². The fourth-order valence-corrected chi connectivity index (χ4v) is 9.89. The van der Waals surface area contributed by atoms with Crippen molar-refractivity contribution in [3.63, 3.8) is 0 Å². The van der Waals surface area contributed by atoms with Crippen LogP contribution in [0.4, 0.5) is 0 Å². The summed E-state index contributed by atoms with van der Waals surface area (Å²) < 4.78 is 17.9. The molecule has 0 aliphatic carbocycles. The third-order valence-corrected chi connectivity index (χ3v) is 14.3. The minimum absolute atomic E-state index is 0.0118. The third-order valence-electron chi connectivity index (χ3n) is 14.3. The molecule has 1 fully saturated rings. The topological polar surface area (TPSA) is 181 Å². The molecule has 1 heterocycles. The molecule has 1 aliphatic rings. The Bertz CT molecular complexity index is 1880. The van der Waals surface area contributed by atoms with E-state index in [0.717, 1.165) is 24.0 Å². The molecule has 0 bridgehead atoms. The van der Waals surface area contributed by atoms with E-state index in [1.54, 1.807) is 21.1 Å². The molecule has 380 valence electrons. The van der Waals surface area contributed by atoms with Crippen molar-refractivity contribution in [2.75, 3.05) is 34.4 Å². The molecule has 2 aromatic carbocycles. The molecule has 2 aromatic rings. The Morgan fingerprint density at radius 3 is 1.99 bits per heavy atom. The lowest BCUT2D eigenvalue weighted by atomic mass is 9.79. The summed E-state index contributed by atoms with van der Waals surface area (Å²) >= 11 is 0. The number of amides is 3. The van der Waals surface area contributed by atoms with Gasteiger partial charge in [-0.2, -0.15) is 0 Å². The zero-order valence-corrected chi connectivity index (χ0v) is 43.1. The number of carbonyl (C=O) groups excluding carboxylic acids is 5. The minimum Gasteiger partial charge on any atom is -0.481 e. The zero-order chi connectivity index (χ0) is 50.7. The smallest absolute Gasteiger partial charge is 0.329 e. The summed E-state index contributed by atoms with van der Waals surface area (Å²) in [6, 6.07) is 16.3. The summed E-state index contributed by atoms with van der Waals surface area (Å²) in [4.78, 5) is 85.0. The molecule has 68 heavy (non-hydrogen) atoms. The van der Waals surface area contributed by atoms with E-state index in [-0.39, 0.29) is 78.6 Å². The number of nitrogens with one attached hydrogen (secondary N) is 2. The largest absolute Gasteiger partial charge is 0.481 e. The first-order chi connectivity index (χ1) is 32.3. The SMILES string of the molecule is CCC(C)C(CCC(C)C(=O)C(NC(=O)C(C(C)C)N(C)CCCC(=O)O)C(C)C)C(CC(=O)N1CCCC1C(OC)C(C)C(=O)NC(C(=O)OCc1ccccc1)C(C)c1ccccc1)OC. The van der Waals surface area contributed by atoms with E-state index in [2.05, 4.69) is 24.5 Å². The van der Waals surface area contributed by atoms with Crippen LogP contribution in [0.25, 0.3) is 0 Å². The second-order valence-electron chi connectivity index (χ2n) is 19.9. The van der Waals surface area contributed by atoms with Gasteiger partial charge in [0.15, 0.2) is 5.78 Å². The maximum atomic E-state index is 14.4. The van der Waals surface area contributed by atoms with E-state index in [4.69, 9.17) is 19.3 Å². The molecule has 11 unspecified atom stereocenters. The lowest BCUT2D eigenvalue weighted by molar-refractivity contribution is -0.151. The van der Waals surface area contributed by atoms with Crippen molar-refractivity contribution in [3.05, 3.63) is 71.8 Å². The number of carboxylic acids is 1. The molecule has 14 heteroatoms. The Morgan fingerprint density at radius 1 is 0.809 bits per heavy atom. The Kier molecular flexibility index (Phi) is 24.4. The molecule has 3 rings (SSSR count). The van der Waals surface area contributed by atoms with Crippen LogP contribution in [-0.4, -0.2) is 121 Å².